The number of amides is 1. The molecule has 0 heterocycles. The highest BCUT2D eigenvalue weighted by atomic mass is 79.9. The minimum absolute atomic E-state index is 0.0987. The van der Waals surface area contributed by atoms with Crippen molar-refractivity contribution in [1.29, 1.82) is 0 Å². The van der Waals surface area contributed by atoms with Crippen molar-refractivity contribution in [3.8, 4) is 0 Å². The SMILES string of the molecule is CC(C)(N)C(=O)NCCCBr. The summed E-state index contributed by atoms with van der Waals surface area (Å²) in [5.74, 6) is -0.0987. The summed E-state index contributed by atoms with van der Waals surface area (Å²) < 4.78 is 0. The second-order valence-electron chi connectivity index (χ2n) is 3.02. The summed E-state index contributed by atoms with van der Waals surface area (Å²) >= 11 is 3.27. The maximum atomic E-state index is 11.1. The van der Waals surface area contributed by atoms with E-state index in [0.29, 0.717) is 6.54 Å². The van der Waals surface area contributed by atoms with E-state index in [9.17, 15) is 4.79 Å². The number of nitrogens with two attached hydrogens (primary N) is 1. The standard InChI is InChI=1S/C7H15BrN2O/c1-7(2,9)6(11)10-5-3-4-8/h3-5,9H2,1-2H3,(H,10,11). The first-order chi connectivity index (χ1) is 4.98. The molecular formula is C7H15BrN2O. The van der Waals surface area contributed by atoms with Gasteiger partial charge in [-0.25, -0.2) is 0 Å². The summed E-state index contributed by atoms with van der Waals surface area (Å²) in [6.07, 6.45) is 0.932. The van der Waals surface area contributed by atoms with E-state index in [1.165, 1.54) is 0 Å². The molecule has 0 aromatic heterocycles. The van der Waals surface area contributed by atoms with Gasteiger partial charge >= 0.3 is 0 Å². The van der Waals surface area contributed by atoms with Gasteiger partial charge in [0.15, 0.2) is 0 Å². The molecule has 0 bridgehead atoms. The van der Waals surface area contributed by atoms with Crippen LogP contribution in [0.25, 0.3) is 0 Å². The van der Waals surface area contributed by atoms with Crippen LogP contribution in [0.5, 0.6) is 0 Å². The lowest BCUT2D eigenvalue weighted by Gasteiger charge is -2.17. The Morgan fingerprint density at radius 1 is 1.64 bits per heavy atom. The number of hydrogen-bond donors (Lipinski definition) is 2. The van der Waals surface area contributed by atoms with Gasteiger partial charge in [-0.1, -0.05) is 15.9 Å². The van der Waals surface area contributed by atoms with Gasteiger partial charge in [-0.05, 0) is 20.3 Å². The fourth-order valence-corrected chi connectivity index (χ4v) is 0.777. The van der Waals surface area contributed by atoms with Gasteiger partial charge in [-0.2, -0.15) is 0 Å². The Bertz CT molecular complexity index is 131. The van der Waals surface area contributed by atoms with Crippen molar-refractivity contribution in [3.05, 3.63) is 0 Å². The van der Waals surface area contributed by atoms with Gasteiger partial charge < -0.3 is 11.1 Å². The van der Waals surface area contributed by atoms with Crippen molar-refractivity contribution in [3.63, 3.8) is 0 Å². The summed E-state index contributed by atoms with van der Waals surface area (Å²) in [4.78, 5) is 11.1. The largest absolute Gasteiger partial charge is 0.354 e. The minimum atomic E-state index is -0.758. The fourth-order valence-electron chi connectivity index (χ4n) is 0.497. The lowest BCUT2D eigenvalue weighted by molar-refractivity contribution is -0.125. The summed E-state index contributed by atoms with van der Waals surface area (Å²) in [6, 6.07) is 0. The first-order valence-corrected chi connectivity index (χ1v) is 4.74. The molecule has 0 saturated carbocycles. The monoisotopic (exact) mass is 222 g/mol. The van der Waals surface area contributed by atoms with Gasteiger partial charge in [0.25, 0.3) is 0 Å². The quantitative estimate of drug-likeness (QED) is 0.542. The molecule has 3 N–H and O–H groups in total. The van der Waals surface area contributed by atoms with Crippen molar-refractivity contribution in [2.75, 3.05) is 11.9 Å². The molecule has 4 heteroatoms. The maximum Gasteiger partial charge on any atom is 0.239 e. The zero-order valence-electron chi connectivity index (χ0n) is 6.98. The van der Waals surface area contributed by atoms with E-state index in [1.54, 1.807) is 13.8 Å². The molecule has 66 valence electrons. The van der Waals surface area contributed by atoms with Gasteiger partial charge in [0, 0.05) is 11.9 Å². The van der Waals surface area contributed by atoms with Crippen LogP contribution < -0.4 is 11.1 Å². The van der Waals surface area contributed by atoms with E-state index in [0.717, 1.165) is 11.8 Å². The van der Waals surface area contributed by atoms with E-state index in [1.807, 2.05) is 0 Å². The third kappa shape index (κ3) is 5.21. The van der Waals surface area contributed by atoms with E-state index in [4.69, 9.17) is 5.73 Å². The van der Waals surface area contributed by atoms with Crippen molar-refractivity contribution < 1.29 is 4.79 Å². The fraction of sp³-hybridized carbons (Fsp3) is 0.857. The summed E-state index contributed by atoms with van der Waals surface area (Å²) in [6.45, 7) is 4.07. The first-order valence-electron chi connectivity index (χ1n) is 3.61. The Kier molecular flexibility index (Phi) is 4.68. The van der Waals surface area contributed by atoms with Gasteiger partial charge in [-0.3, -0.25) is 4.79 Å². The van der Waals surface area contributed by atoms with E-state index in [-0.39, 0.29) is 5.91 Å². The maximum absolute atomic E-state index is 11.1. The average molecular weight is 223 g/mol. The number of alkyl halides is 1. The molecule has 0 aromatic carbocycles. The van der Waals surface area contributed by atoms with Crippen molar-refractivity contribution in [2.24, 2.45) is 5.73 Å². The van der Waals surface area contributed by atoms with Crippen LogP contribution in [0, 0.1) is 0 Å². The van der Waals surface area contributed by atoms with E-state index >= 15 is 0 Å². The van der Waals surface area contributed by atoms with Crippen LogP contribution in [-0.4, -0.2) is 23.3 Å². The predicted octanol–water partition coefficient (Wildman–Crippen LogP) is 0.625. The normalized spacial score (nSPS) is 11.3. The molecule has 0 unspecified atom stereocenters. The summed E-state index contributed by atoms with van der Waals surface area (Å²) in [5.41, 5.74) is 4.78. The number of nitrogens with one attached hydrogen (secondary N) is 1. The number of halogens is 1. The van der Waals surface area contributed by atoms with Crippen molar-refractivity contribution in [1.82, 2.24) is 5.32 Å². The molecule has 0 atom stereocenters. The van der Waals surface area contributed by atoms with Gasteiger partial charge in [0.2, 0.25) is 5.91 Å². The predicted molar refractivity (Wildman–Crippen MR) is 49.7 cm³/mol. The van der Waals surface area contributed by atoms with E-state index in [2.05, 4.69) is 21.2 Å². The summed E-state index contributed by atoms with van der Waals surface area (Å²) in [5, 5.41) is 3.63. The molecule has 3 nitrogen and oxygen atoms in total. The Balaban J connectivity index is 3.54. The molecule has 0 aliphatic heterocycles. The molecule has 0 aliphatic rings. The molecule has 0 spiro atoms. The number of rotatable bonds is 4. The smallest absolute Gasteiger partial charge is 0.239 e. The van der Waals surface area contributed by atoms with Gasteiger partial charge in [0.1, 0.15) is 0 Å². The van der Waals surface area contributed by atoms with Crippen molar-refractivity contribution in [2.45, 2.75) is 25.8 Å². The third-order valence-corrected chi connectivity index (χ3v) is 1.74. The molecular weight excluding hydrogens is 208 g/mol. The lowest BCUT2D eigenvalue weighted by atomic mass is 10.1. The van der Waals surface area contributed by atoms with Gasteiger partial charge in [0.05, 0.1) is 5.54 Å². The molecule has 1 amide bonds. The number of carbonyl (C=O) groups excluding carboxylic acids is 1. The second kappa shape index (κ2) is 4.72. The minimum Gasteiger partial charge on any atom is -0.354 e. The molecule has 0 saturated heterocycles. The highest BCUT2D eigenvalue weighted by Crippen LogP contribution is 1.95. The van der Waals surface area contributed by atoms with Crippen LogP contribution in [0.1, 0.15) is 20.3 Å². The van der Waals surface area contributed by atoms with Crippen LogP contribution >= 0.6 is 15.9 Å². The number of hydrogen-bond acceptors (Lipinski definition) is 2. The topological polar surface area (TPSA) is 55.1 Å². The highest BCUT2D eigenvalue weighted by Gasteiger charge is 2.20. The second-order valence-corrected chi connectivity index (χ2v) is 3.81. The van der Waals surface area contributed by atoms with Crippen LogP contribution in [0.2, 0.25) is 0 Å². The molecule has 0 rings (SSSR count). The zero-order chi connectivity index (χ0) is 8.91. The molecule has 0 aliphatic carbocycles. The Hall–Kier alpha value is -0.0900. The molecule has 11 heavy (non-hydrogen) atoms. The Labute approximate surface area is 75.8 Å². The zero-order valence-corrected chi connectivity index (χ0v) is 8.57. The van der Waals surface area contributed by atoms with E-state index < -0.39 is 5.54 Å². The van der Waals surface area contributed by atoms with Crippen LogP contribution in [-0.2, 0) is 4.79 Å². The van der Waals surface area contributed by atoms with Crippen LogP contribution in [0.3, 0.4) is 0 Å². The first kappa shape index (κ1) is 10.9. The lowest BCUT2D eigenvalue weighted by Crippen LogP contribution is -2.49. The van der Waals surface area contributed by atoms with Crippen LogP contribution in [0.4, 0.5) is 0 Å². The van der Waals surface area contributed by atoms with Crippen LogP contribution in [0.15, 0.2) is 0 Å². The molecule has 0 aromatic rings. The van der Waals surface area contributed by atoms with Crippen molar-refractivity contribution >= 4 is 21.8 Å². The Morgan fingerprint density at radius 3 is 2.55 bits per heavy atom. The average Bonchev–Trinajstić information content (AvgIpc) is 1.86. The number of carbonyl (C=O) groups is 1. The van der Waals surface area contributed by atoms with Gasteiger partial charge in [-0.15, -0.1) is 0 Å². The highest BCUT2D eigenvalue weighted by molar-refractivity contribution is 9.09. The molecule has 0 fully saturated rings. The Morgan fingerprint density at radius 2 is 2.18 bits per heavy atom. The third-order valence-electron chi connectivity index (χ3n) is 1.18. The summed E-state index contributed by atoms with van der Waals surface area (Å²) in [7, 11) is 0. The molecule has 0 radical (unpaired) electrons.